The molecule has 2 aromatic carbocycles. The summed E-state index contributed by atoms with van der Waals surface area (Å²) in [5.74, 6) is 2.79. The molecule has 0 saturated heterocycles. The fourth-order valence-electron chi connectivity index (χ4n) is 2.72. The van der Waals surface area contributed by atoms with E-state index in [2.05, 4.69) is 20.2 Å². The van der Waals surface area contributed by atoms with Gasteiger partial charge in [0.05, 0.1) is 37.2 Å². The third-order valence-corrected chi connectivity index (χ3v) is 3.86. The topological polar surface area (TPSA) is 86.1 Å². The van der Waals surface area contributed by atoms with Gasteiger partial charge in [0.1, 0.15) is 5.82 Å². The summed E-state index contributed by atoms with van der Waals surface area (Å²) in [5.41, 5.74) is 2.57. The lowest BCUT2D eigenvalue weighted by atomic mass is 10.2. The van der Waals surface area contributed by atoms with E-state index in [1.165, 1.54) is 0 Å². The van der Waals surface area contributed by atoms with E-state index in [1.807, 2.05) is 42.5 Å². The molecular weight excluding hydrogens is 320 g/mol. The zero-order chi connectivity index (χ0) is 17.2. The van der Waals surface area contributed by atoms with Crippen LogP contribution in [0.2, 0.25) is 0 Å². The van der Waals surface area contributed by atoms with E-state index < -0.39 is 0 Å². The van der Waals surface area contributed by atoms with Gasteiger partial charge in [0.15, 0.2) is 11.5 Å². The molecule has 0 bridgehead atoms. The molecular formula is C18H16N4O3. The van der Waals surface area contributed by atoms with E-state index in [4.69, 9.17) is 13.9 Å². The lowest BCUT2D eigenvalue weighted by Gasteiger charge is -2.09. The van der Waals surface area contributed by atoms with Crippen molar-refractivity contribution in [3.05, 3.63) is 54.2 Å². The number of para-hydroxylation sites is 3. The first-order chi connectivity index (χ1) is 12.3. The molecule has 0 unspecified atom stereocenters. The van der Waals surface area contributed by atoms with Crippen LogP contribution in [-0.2, 0) is 6.42 Å². The van der Waals surface area contributed by atoms with Crippen molar-refractivity contribution in [3.8, 4) is 23.0 Å². The first-order valence-electron chi connectivity index (χ1n) is 7.76. The Hall–Kier alpha value is -3.35. The SMILES string of the molecule is COc1cccc(-c2nnc(Cc3nc4ccccc4[nH]3)o2)c1OC. The number of fused-ring (bicyclic) bond motifs is 1. The molecule has 2 heterocycles. The van der Waals surface area contributed by atoms with Crippen molar-refractivity contribution in [2.24, 2.45) is 0 Å². The van der Waals surface area contributed by atoms with E-state index in [0.29, 0.717) is 35.3 Å². The standard InChI is InChI=1S/C18H16N4O3/c1-23-14-9-5-6-11(17(14)24-2)18-22-21-16(25-18)10-15-19-12-7-3-4-8-13(12)20-15/h3-9H,10H2,1-2H3,(H,19,20). The Labute approximate surface area is 143 Å². The molecule has 25 heavy (non-hydrogen) atoms. The van der Waals surface area contributed by atoms with Crippen molar-refractivity contribution >= 4 is 11.0 Å². The summed E-state index contributed by atoms with van der Waals surface area (Å²) in [6.45, 7) is 0. The number of hydrogen-bond donors (Lipinski definition) is 1. The Kier molecular flexibility index (Phi) is 3.81. The van der Waals surface area contributed by atoms with E-state index in [9.17, 15) is 0 Å². The van der Waals surface area contributed by atoms with E-state index in [0.717, 1.165) is 16.9 Å². The van der Waals surface area contributed by atoms with Crippen LogP contribution in [0.4, 0.5) is 0 Å². The van der Waals surface area contributed by atoms with Crippen LogP contribution >= 0.6 is 0 Å². The van der Waals surface area contributed by atoms with Crippen molar-refractivity contribution in [2.75, 3.05) is 14.2 Å². The summed E-state index contributed by atoms with van der Waals surface area (Å²) in [4.78, 5) is 7.77. The van der Waals surface area contributed by atoms with Gasteiger partial charge in [0.2, 0.25) is 5.89 Å². The number of imidazole rings is 1. The van der Waals surface area contributed by atoms with Crippen molar-refractivity contribution in [1.82, 2.24) is 20.2 Å². The molecule has 0 spiro atoms. The number of benzene rings is 2. The quantitative estimate of drug-likeness (QED) is 0.602. The first-order valence-corrected chi connectivity index (χ1v) is 7.76. The highest BCUT2D eigenvalue weighted by Gasteiger charge is 2.17. The monoisotopic (exact) mass is 336 g/mol. The van der Waals surface area contributed by atoms with Gasteiger partial charge in [0.25, 0.3) is 5.89 Å². The number of ether oxygens (including phenoxy) is 2. The van der Waals surface area contributed by atoms with Crippen molar-refractivity contribution in [1.29, 1.82) is 0 Å². The molecule has 0 aliphatic carbocycles. The smallest absolute Gasteiger partial charge is 0.251 e. The largest absolute Gasteiger partial charge is 0.493 e. The third-order valence-electron chi connectivity index (χ3n) is 3.86. The zero-order valence-corrected chi connectivity index (χ0v) is 13.8. The maximum absolute atomic E-state index is 5.79. The third kappa shape index (κ3) is 2.80. The van der Waals surface area contributed by atoms with Crippen LogP contribution in [0, 0.1) is 0 Å². The molecule has 4 rings (SSSR count). The van der Waals surface area contributed by atoms with Crippen LogP contribution in [0.15, 0.2) is 46.9 Å². The molecule has 1 N–H and O–H groups in total. The lowest BCUT2D eigenvalue weighted by molar-refractivity contribution is 0.355. The van der Waals surface area contributed by atoms with Crippen LogP contribution in [0.25, 0.3) is 22.5 Å². The first kappa shape index (κ1) is 15.2. The Balaban J connectivity index is 1.64. The van der Waals surface area contributed by atoms with Gasteiger partial charge in [0, 0.05) is 0 Å². The van der Waals surface area contributed by atoms with Gasteiger partial charge >= 0.3 is 0 Å². The minimum atomic E-state index is 0.377. The summed E-state index contributed by atoms with van der Waals surface area (Å²) in [5, 5.41) is 8.24. The summed E-state index contributed by atoms with van der Waals surface area (Å²) < 4.78 is 16.5. The number of nitrogens with one attached hydrogen (secondary N) is 1. The lowest BCUT2D eigenvalue weighted by Crippen LogP contribution is -1.93. The van der Waals surface area contributed by atoms with Crippen LogP contribution in [0.5, 0.6) is 11.5 Å². The molecule has 0 saturated carbocycles. The highest BCUT2D eigenvalue weighted by molar-refractivity contribution is 5.74. The van der Waals surface area contributed by atoms with Crippen LogP contribution in [-0.4, -0.2) is 34.4 Å². The normalized spacial score (nSPS) is 11.0. The molecule has 0 amide bonds. The van der Waals surface area contributed by atoms with E-state index >= 15 is 0 Å². The molecule has 7 nitrogen and oxygen atoms in total. The number of aromatic nitrogens is 4. The Bertz CT molecular complexity index is 989. The van der Waals surface area contributed by atoms with Gasteiger partial charge in [-0.3, -0.25) is 0 Å². The maximum Gasteiger partial charge on any atom is 0.251 e. The van der Waals surface area contributed by atoms with Gasteiger partial charge in [-0.15, -0.1) is 10.2 Å². The van der Waals surface area contributed by atoms with E-state index in [-0.39, 0.29) is 0 Å². The Morgan fingerprint density at radius 2 is 1.88 bits per heavy atom. The number of H-pyrrole nitrogens is 1. The second-order valence-corrected chi connectivity index (χ2v) is 5.42. The number of hydrogen-bond acceptors (Lipinski definition) is 6. The van der Waals surface area contributed by atoms with E-state index in [1.54, 1.807) is 14.2 Å². The average molecular weight is 336 g/mol. The van der Waals surface area contributed by atoms with Gasteiger partial charge in [-0.25, -0.2) is 4.98 Å². The van der Waals surface area contributed by atoms with Gasteiger partial charge in [-0.2, -0.15) is 0 Å². The number of methoxy groups -OCH3 is 2. The summed E-state index contributed by atoms with van der Waals surface area (Å²) >= 11 is 0. The molecule has 0 radical (unpaired) electrons. The summed E-state index contributed by atoms with van der Waals surface area (Å²) in [7, 11) is 3.16. The summed E-state index contributed by atoms with van der Waals surface area (Å²) in [6, 6.07) is 13.4. The predicted octanol–water partition coefficient (Wildman–Crippen LogP) is 3.22. The molecule has 0 fully saturated rings. The van der Waals surface area contributed by atoms with Crippen molar-refractivity contribution in [3.63, 3.8) is 0 Å². The van der Waals surface area contributed by atoms with Gasteiger partial charge in [-0.05, 0) is 24.3 Å². The number of nitrogens with zero attached hydrogens (tertiary/aromatic N) is 3. The second kappa shape index (κ2) is 6.27. The molecule has 0 aliphatic heterocycles. The fraction of sp³-hybridized carbons (Fsp3) is 0.167. The maximum atomic E-state index is 5.79. The molecule has 0 atom stereocenters. The Morgan fingerprint density at radius 3 is 2.68 bits per heavy atom. The number of rotatable bonds is 5. The van der Waals surface area contributed by atoms with Crippen molar-refractivity contribution < 1.29 is 13.9 Å². The zero-order valence-electron chi connectivity index (χ0n) is 13.8. The minimum absolute atomic E-state index is 0.377. The highest BCUT2D eigenvalue weighted by atomic mass is 16.5. The Morgan fingerprint density at radius 1 is 1.00 bits per heavy atom. The fourth-order valence-corrected chi connectivity index (χ4v) is 2.72. The minimum Gasteiger partial charge on any atom is -0.493 e. The predicted molar refractivity (Wildman–Crippen MR) is 91.7 cm³/mol. The summed E-state index contributed by atoms with van der Waals surface area (Å²) in [6.07, 6.45) is 0.425. The highest BCUT2D eigenvalue weighted by Crippen LogP contribution is 2.37. The van der Waals surface area contributed by atoms with Gasteiger partial charge in [-0.1, -0.05) is 18.2 Å². The molecule has 126 valence electrons. The van der Waals surface area contributed by atoms with Gasteiger partial charge < -0.3 is 18.9 Å². The second-order valence-electron chi connectivity index (χ2n) is 5.42. The molecule has 7 heteroatoms. The van der Waals surface area contributed by atoms with Crippen LogP contribution in [0.3, 0.4) is 0 Å². The average Bonchev–Trinajstić information content (AvgIpc) is 3.27. The van der Waals surface area contributed by atoms with Crippen molar-refractivity contribution in [2.45, 2.75) is 6.42 Å². The molecule has 2 aromatic heterocycles. The number of aromatic amines is 1. The van der Waals surface area contributed by atoms with Crippen LogP contribution in [0.1, 0.15) is 11.7 Å². The molecule has 4 aromatic rings. The molecule has 0 aliphatic rings. The van der Waals surface area contributed by atoms with Crippen LogP contribution < -0.4 is 9.47 Å².